The van der Waals surface area contributed by atoms with E-state index in [0.717, 1.165) is 19.7 Å². The maximum atomic E-state index is 5.08. The van der Waals surface area contributed by atoms with Crippen molar-refractivity contribution in [1.29, 1.82) is 0 Å². The summed E-state index contributed by atoms with van der Waals surface area (Å²) >= 11 is 0. The van der Waals surface area contributed by atoms with Crippen molar-refractivity contribution in [3.63, 3.8) is 0 Å². The van der Waals surface area contributed by atoms with E-state index in [0.29, 0.717) is 6.10 Å². The van der Waals surface area contributed by atoms with Crippen molar-refractivity contribution >= 4 is 0 Å². The van der Waals surface area contributed by atoms with Crippen molar-refractivity contribution in [1.82, 2.24) is 5.32 Å². The van der Waals surface area contributed by atoms with Crippen LogP contribution in [-0.2, 0) is 11.3 Å². The van der Waals surface area contributed by atoms with E-state index >= 15 is 0 Å². The quantitative estimate of drug-likeness (QED) is 0.674. The minimum absolute atomic E-state index is 0.480. The van der Waals surface area contributed by atoms with Gasteiger partial charge in [0.25, 0.3) is 0 Å². The van der Waals surface area contributed by atoms with Gasteiger partial charge >= 0.3 is 0 Å². The Kier molecular flexibility index (Phi) is 2.39. The Hall–Kier alpha value is -0.860. The van der Waals surface area contributed by atoms with E-state index in [2.05, 4.69) is 29.6 Å². The topological polar surface area (TPSA) is 24.6 Å². The van der Waals surface area contributed by atoms with E-state index in [1.165, 1.54) is 5.56 Å². The summed E-state index contributed by atoms with van der Waals surface area (Å²) in [5, 5.41) is 3.34. The third-order valence-electron chi connectivity index (χ3n) is 1.95. The number of epoxide rings is 1. The summed E-state index contributed by atoms with van der Waals surface area (Å²) in [4.78, 5) is 0. The molecule has 2 nitrogen and oxygen atoms in total. The molecule has 12 heavy (non-hydrogen) atoms. The van der Waals surface area contributed by atoms with Crippen LogP contribution >= 0.6 is 0 Å². The van der Waals surface area contributed by atoms with Crippen molar-refractivity contribution in [2.75, 3.05) is 13.2 Å². The number of hydrogen-bond acceptors (Lipinski definition) is 2. The molecule has 1 fully saturated rings. The van der Waals surface area contributed by atoms with E-state index in [-0.39, 0.29) is 0 Å². The largest absolute Gasteiger partial charge is 0.372 e. The van der Waals surface area contributed by atoms with Crippen molar-refractivity contribution in [2.24, 2.45) is 0 Å². The molecule has 1 aliphatic rings. The summed E-state index contributed by atoms with van der Waals surface area (Å²) in [6, 6.07) is 10.4. The Morgan fingerprint density at radius 2 is 2.08 bits per heavy atom. The number of benzene rings is 1. The van der Waals surface area contributed by atoms with Crippen LogP contribution in [0.3, 0.4) is 0 Å². The van der Waals surface area contributed by atoms with Crippen molar-refractivity contribution < 1.29 is 4.74 Å². The minimum Gasteiger partial charge on any atom is -0.372 e. The average molecular weight is 163 g/mol. The van der Waals surface area contributed by atoms with Crippen LogP contribution in [0, 0.1) is 0 Å². The van der Waals surface area contributed by atoms with Crippen LogP contribution in [-0.4, -0.2) is 19.3 Å². The molecule has 64 valence electrons. The molecule has 0 bridgehead atoms. The van der Waals surface area contributed by atoms with E-state index < -0.39 is 0 Å². The molecular weight excluding hydrogens is 150 g/mol. The summed E-state index contributed by atoms with van der Waals surface area (Å²) < 4.78 is 5.08. The van der Waals surface area contributed by atoms with Crippen molar-refractivity contribution in [2.45, 2.75) is 12.6 Å². The molecule has 1 aromatic rings. The summed E-state index contributed by atoms with van der Waals surface area (Å²) in [5.41, 5.74) is 1.33. The Morgan fingerprint density at radius 3 is 2.75 bits per heavy atom. The van der Waals surface area contributed by atoms with E-state index in [4.69, 9.17) is 4.74 Å². The molecule has 0 unspecified atom stereocenters. The Balaban J connectivity index is 1.72. The maximum Gasteiger partial charge on any atom is 0.0934 e. The summed E-state index contributed by atoms with van der Waals surface area (Å²) in [5.74, 6) is 0. The molecule has 0 amide bonds. The third kappa shape index (κ3) is 2.32. The molecule has 1 aromatic carbocycles. The zero-order chi connectivity index (χ0) is 8.23. The minimum atomic E-state index is 0.480. The predicted octanol–water partition coefficient (Wildman–Crippen LogP) is 1.17. The van der Waals surface area contributed by atoms with Gasteiger partial charge in [0.15, 0.2) is 0 Å². The molecule has 1 N–H and O–H groups in total. The lowest BCUT2D eigenvalue weighted by Gasteiger charge is -2.01. The fourth-order valence-corrected chi connectivity index (χ4v) is 1.16. The molecule has 1 saturated heterocycles. The molecular formula is C10H13NO. The SMILES string of the molecule is c1ccc(CNC[C@@H]2CO2)cc1. The zero-order valence-electron chi connectivity index (χ0n) is 6.99. The first-order valence-electron chi connectivity index (χ1n) is 4.31. The van der Waals surface area contributed by atoms with Crippen LogP contribution in [0.4, 0.5) is 0 Å². The highest BCUT2D eigenvalue weighted by Gasteiger charge is 2.20. The van der Waals surface area contributed by atoms with Gasteiger partial charge in [0.2, 0.25) is 0 Å². The highest BCUT2D eigenvalue weighted by molar-refractivity contribution is 5.14. The standard InChI is InChI=1S/C10H13NO/c1-2-4-9(5-3-1)6-11-7-10-8-12-10/h1-5,10-11H,6-8H2/t10-/m1/s1. The number of hydrogen-bond donors (Lipinski definition) is 1. The van der Waals surface area contributed by atoms with Gasteiger partial charge in [-0.3, -0.25) is 0 Å². The first-order valence-corrected chi connectivity index (χ1v) is 4.31. The first kappa shape index (κ1) is 7.77. The van der Waals surface area contributed by atoms with Crippen LogP contribution in [0.15, 0.2) is 30.3 Å². The smallest absolute Gasteiger partial charge is 0.0934 e. The second kappa shape index (κ2) is 3.70. The molecule has 2 rings (SSSR count). The fraction of sp³-hybridized carbons (Fsp3) is 0.400. The lowest BCUT2D eigenvalue weighted by Crippen LogP contribution is -2.18. The lowest BCUT2D eigenvalue weighted by atomic mass is 10.2. The number of nitrogens with one attached hydrogen (secondary N) is 1. The monoisotopic (exact) mass is 163 g/mol. The normalized spacial score (nSPS) is 20.8. The molecule has 0 saturated carbocycles. The van der Waals surface area contributed by atoms with Gasteiger partial charge in [0.1, 0.15) is 0 Å². The van der Waals surface area contributed by atoms with E-state index in [1.807, 2.05) is 6.07 Å². The lowest BCUT2D eigenvalue weighted by molar-refractivity contribution is 0.396. The predicted molar refractivity (Wildman–Crippen MR) is 47.9 cm³/mol. The molecule has 1 aliphatic heterocycles. The van der Waals surface area contributed by atoms with E-state index in [1.54, 1.807) is 0 Å². The molecule has 2 heteroatoms. The van der Waals surface area contributed by atoms with Crippen molar-refractivity contribution in [3.05, 3.63) is 35.9 Å². The number of rotatable bonds is 4. The van der Waals surface area contributed by atoms with Gasteiger partial charge in [-0.1, -0.05) is 30.3 Å². The van der Waals surface area contributed by atoms with Gasteiger partial charge in [0.05, 0.1) is 12.7 Å². The van der Waals surface area contributed by atoms with Gasteiger partial charge in [-0.25, -0.2) is 0 Å². The Morgan fingerprint density at radius 1 is 1.33 bits per heavy atom. The molecule has 1 atom stereocenters. The molecule has 0 radical (unpaired) electrons. The second-order valence-corrected chi connectivity index (χ2v) is 3.07. The van der Waals surface area contributed by atoms with Gasteiger partial charge in [0, 0.05) is 13.1 Å². The van der Waals surface area contributed by atoms with Gasteiger partial charge < -0.3 is 10.1 Å². The zero-order valence-corrected chi connectivity index (χ0v) is 6.99. The number of ether oxygens (including phenoxy) is 1. The van der Waals surface area contributed by atoms with Crippen LogP contribution in [0.5, 0.6) is 0 Å². The van der Waals surface area contributed by atoms with Gasteiger partial charge in [-0.15, -0.1) is 0 Å². The maximum absolute atomic E-state index is 5.08. The fourth-order valence-electron chi connectivity index (χ4n) is 1.16. The molecule has 0 aliphatic carbocycles. The third-order valence-corrected chi connectivity index (χ3v) is 1.95. The van der Waals surface area contributed by atoms with Crippen LogP contribution in [0.1, 0.15) is 5.56 Å². The average Bonchev–Trinajstić information content (AvgIpc) is 2.90. The van der Waals surface area contributed by atoms with Crippen LogP contribution in [0.25, 0.3) is 0 Å². The van der Waals surface area contributed by atoms with Crippen LogP contribution < -0.4 is 5.32 Å². The summed E-state index contributed by atoms with van der Waals surface area (Å²) in [6.07, 6.45) is 0.480. The van der Waals surface area contributed by atoms with Gasteiger partial charge in [-0.2, -0.15) is 0 Å². The first-order chi connectivity index (χ1) is 5.95. The van der Waals surface area contributed by atoms with Gasteiger partial charge in [-0.05, 0) is 5.56 Å². The van der Waals surface area contributed by atoms with Crippen LogP contribution in [0.2, 0.25) is 0 Å². The molecule has 1 heterocycles. The highest BCUT2D eigenvalue weighted by Crippen LogP contribution is 2.06. The molecule has 0 aromatic heterocycles. The summed E-state index contributed by atoms with van der Waals surface area (Å²) in [7, 11) is 0. The summed E-state index contributed by atoms with van der Waals surface area (Å²) in [6.45, 7) is 2.86. The van der Waals surface area contributed by atoms with Crippen molar-refractivity contribution in [3.8, 4) is 0 Å². The second-order valence-electron chi connectivity index (χ2n) is 3.07. The Labute approximate surface area is 72.5 Å². The highest BCUT2D eigenvalue weighted by atomic mass is 16.6. The molecule has 0 spiro atoms. The Bertz CT molecular complexity index is 231. The van der Waals surface area contributed by atoms with E-state index in [9.17, 15) is 0 Å².